The molecule has 0 saturated heterocycles. The van der Waals surface area contributed by atoms with Crippen LogP contribution in [0.25, 0.3) is 0 Å². The first-order chi connectivity index (χ1) is 14.3. The number of carbonyl (C=O) groups excluding carboxylic acids is 1. The van der Waals surface area contributed by atoms with Gasteiger partial charge in [0.2, 0.25) is 0 Å². The van der Waals surface area contributed by atoms with Crippen molar-refractivity contribution >= 4 is 17.9 Å². The van der Waals surface area contributed by atoms with Gasteiger partial charge in [-0.3, -0.25) is 9.52 Å². The highest BCUT2D eigenvalue weighted by molar-refractivity contribution is 8.01. The van der Waals surface area contributed by atoms with E-state index in [0.717, 1.165) is 19.3 Å². The number of benzene rings is 1. The SMILES string of the molecule is CC.CCC1=C/CCC(C)=C(SNC(C)COc2cccc(O)c2C(N)=O)/C(C)=C\1. The third kappa shape index (κ3) is 7.58. The zero-order valence-electron chi connectivity index (χ0n) is 19.0. The predicted molar refractivity (Wildman–Crippen MR) is 128 cm³/mol. The van der Waals surface area contributed by atoms with Crippen molar-refractivity contribution in [1.29, 1.82) is 0 Å². The van der Waals surface area contributed by atoms with Crippen molar-refractivity contribution in [3.63, 3.8) is 0 Å². The Morgan fingerprint density at radius 2 is 2.03 bits per heavy atom. The zero-order chi connectivity index (χ0) is 22.7. The first kappa shape index (κ1) is 25.9. The molecule has 1 atom stereocenters. The summed E-state index contributed by atoms with van der Waals surface area (Å²) in [5, 5.41) is 9.83. The second-order valence-corrected chi connectivity index (χ2v) is 7.90. The van der Waals surface area contributed by atoms with E-state index in [1.165, 1.54) is 27.7 Å². The number of nitrogens with one attached hydrogen (secondary N) is 1. The summed E-state index contributed by atoms with van der Waals surface area (Å²) in [6.45, 7) is 12.9. The quantitative estimate of drug-likeness (QED) is 0.447. The van der Waals surface area contributed by atoms with Gasteiger partial charge in [-0.15, -0.1) is 0 Å². The highest BCUT2D eigenvalue weighted by Crippen LogP contribution is 2.31. The van der Waals surface area contributed by atoms with Gasteiger partial charge in [-0.05, 0) is 69.7 Å². The number of carbonyl (C=O) groups is 1. The van der Waals surface area contributed by atoms with Crippen molar-refractivity contribution in [3.8, 4) is 11.5 Å². The van der Waals surface area contributed by atoms with Gasteiger partial charge in [0.25, 0.3) is 5.91 Å². The van der Waals surface area contributed by atoms with E-state index in [0.29, 0.717) is 12.4 Å². The molecular formula is C24H36N2O3S. The minimum absolute atomic E-state index is 0.0126. The maximum absolute atomic E-state index is 11.5. The van der Waals surface area contributed by atoms with Crippen LogP contribution in [-0.2, 0) is 0 Å². The summed E-state index contributed by atoms with van der Waals surface area (Å²) in [6.07, 6.45) is 7.74. The van der Waals surface area contributed by atoms with Gasteiger partial charge in [0.15, 0.2) is 0 Å². The van der Waals surface area contributed by atoms with Crippen molar-refractivity contribution in [3.05, 3.63) is 57.5 Å². The summed E-state index contributed by atoms with van der Waals surface area (Å²) >= 11 is 1.62. The molecule has 0 spiro atoms. The van der Waals surface area contributed by atoms with Gasteiger partial charge < -0.3 is 15.6 Å². The third-order valence-corrected chi connectivity index (χ3v) is 5.98. The number of nitrogens with two attached hydrogens (primary N) is 1. The molecule has 0 aliphatic heterocycles. The summed E-state index contributed by atoms with van der Waals surface area (Å²) in [7, 11) is 0. The number of hydrogen-bond donors (Lipinski definition) is 3. The minimum Gasteiger partial charge on any atom is -0.507 e. The Kier molecular flexibility index (Phi) is 11.4. The molecule has 0 saturated carbocycles. The molecule has 0 fully saturated rings. The van der Waals surface area contributed by atoms with Crippen LogP contribution in [0, 0.1) is 0 Å². The molecule has 166 valence electrons. The Hall–Kier alpha value is -2.18. The number of amides is 1. The van der Waals surface area contributed by atoms with Crippen molar-refractivity contribution in [1.82, 2.24) is 4.72 Å². The lowest BCUT2D eigenvalue weighted by molar-refractivity contribution is 0.0993. The van der Waals surface area contributed by atoms with Crippen LogP contribution in [-0.4, -0.2) is 23.7 Å². The van der Waals surface area contributed by atoms with Crippen LogP contribution >= 0.6 is 11.9 Å². The van der Waals surface area contributed by atoms with E-state index in [1.54, 1.807) is 24.1 Å². The smallest absolute Gasteiger partial charge is 0.256 e. The van der Waals surface area contributed by atoms with Crippen LogP contribution in [0.15, 0.2) is 52.0 Å². The Labute approximate surface area is 185 Å². The van der Waals surface area contributed by atoms with E-state index in [-0.39, 0.29) is 17.4 Å². The molecule has 1 unspecified atom stereocenters. The van der Waals surface area contributed by atoms with Gasteiger partial charge in [-0.2, -0.15) is 0 Å². The minimum atomic E-state index is -0.709. The largest absolute Gasteiger partial charge is 0.507 e. The lowest BCUT2D eigenvalue weighted by atomic mass is 10.00. The Morgan fingerprint density at radius 3 is 2.67 bits per heavy atom. The van der Waals surface area contributed by atoms with Crippen LogP contribution < -0.4 is 15.2 Å². The van der Waals surface area contributed by atoms with Crippen LogP contribution in [0.2, 0.25) is 0 Å². The monoisotopic (exact) mass is 432 g/mol. The fourth-order valence-corrected chi connectivity index (χ4v) is 3.92. The van der Waals surface area contributed by atoms with Gasteiger partial charge in [0, 0.05) is 10.9 Å². The molecule has 1 aliphatic carbocycles. The predicted octanol–water partition coefficient (Wildman–Crippen LogP) is 5.87. The lowest BCUT2D eigenvalue weighted by Crippen LogP contribution is -2.27. The van der Waals surface area contributed by atoms with E-state index in [1.807, 2.05) is 20.8 Å². The number of phenols is 1. The van der Waals surface area contributed by atoms with E-state index >= 15 is 0 Å². The Balaban J connectivity index is 0.00000218. The van der Waals surface area contributed by atoms with Crippen molar-refractivity contribution in [2.45, 2.75) is 66.8 Å². The Bertz CT molecular complexity index is 813. The molecule has 0 radical (unpaired) electrons. The van der Waals surface area contributed by atoms with Crippen molar-refractivity contribution in [2.24, 2.45) is 5.73 Å². The van der Waals surface area contributed by atoms with Crippen LogP contribution in [0.4, 0.5) is 0 Å². The molecule has 1 amide bonds. The topological polar surface area (TPSA) is 84.6 Å². The normalized spacial score (nSPS) is 18.6. The maximum Gasteiger partial charge on any atom is 0.256 e. The second kappa shape index (κ2) is 13.2. The molecule has 5 nitrogen and oxygen atoms in total. The number of rotatable bonds is 8. The number of allylic oxidation sites excluding steroid dienone is 5. The molecule has 30 heavy (non-hydrogen) atoms. The van der Waals surface area contributed by atoms with E-state index in [9.17, 15) is 9.90 Å². The average Bonchev–Trinajstić information content (AvgIpc) is 2.71. The molecule has 1 aromatic carbocycles. The average molecular weight is 433 g/mol. The van der Waals surface area contributed by atoms with E-state index < -0.39 is 5.91 Å². The van der Waals surface area contributed by atoms with Gasteiger partial charge in [0.05, 0.1) is 0 Å². The standard InChI is InChI=1S/C22H30N2O3S.C2H6/c1-5-17-9-6-8-14(2)21(15(3)12-17)28-24-16(4)13-27-19-11-7-10-18(25)20(19)22(23)26;1-2/h7,9-12,16,24-25H,5-6,8,13H2,1-4H3,(H2,23,26);1-2H3/b15-12-,17-9-,21-14?;. The molecule has 2 rings (SSSR count). The maximum atomic E-state index is 11.5. The first-order valence-corrected chi connectivity index (χ1v) is 11.4. The molecule has 4 N–H and O–H groups in total. The zero-order valence-corrected chi connectivity index (χ0v) is 19.9. The van der Waals surface area contributed by atoms with Crippen LogP contribution in [0.5, 0.6) is 11.5 Å². The summed E-state index contributed by atoms with van der Waals surface area (Å²) in [5.41, 5.74) is 9.37. The van der Waals surface area contributed by atoms with Gasteiger partial charge >= 0.3 is 0 Å². The lowest BCUT2D eigenvalue weighted by Gasteiger charge is -2.20. The molecule has 0 heterocycles. The number of aromatic hydroxyl groups is 1. The van der Waals surface area contributed by atoms with Gasteiger partial charge in [-0.25, -0.2) is 0 Å². The summed E-state index contributed by atoms with van der Waals surface area (Å²) < 4.78 is 9.16. The molecule has 0 bridgehead atoms. The highest BCUT2D eigenvalue weighted by atomic mass is 32.2. The number of ether oxygens (including phenoxy) is 1. The molecular weight excluding hydrogens is 396 g/mol. The van der Waals surface area contributed by atoms with Crippen molar-refractivity contribution < 1.29 is 14.6 Å². The fraction of sp³-hybridized carbons (Fsp3) is 0.458. The van der Waals surface area contributed by atoms with Gasteiger partial charge in [0.1, 0.15) is 23.7 Å². The summed E-state index contributed by atoms with van der Waals surface area (Å²) in [5.74, 6) is -0.587. The highest BCUT2D eigenvalue weighted by Gasteiger charge is 2.16. The van der Waals surface area contributed by atoms with Gasteiger partial charge in [-0.1, -0.05) is 50.1 Å². The molecule has 6 heteroatoms. The third-order valence-electron chi connectivity index (χ3n) is 4.58. The second-order valence-electron chi connectivity index (χ2n) is 7.05. The number of hydrogen-bond acceptors (Lipinski definition) is 5. The van der Waals surface area contributed by atoms with Crippen LogP contribution in [0.3, 0.4) is 0 Å². The fourth-order valence-electron chi connectivity index (χ4n) is 3.04. The summed E-state index contributed by atoms with van der Waals surface area (Å²) in [4.78, 5) is 12.8. The molecule has 1 aromatic rings. The van der Waals surface area contributed by atoms with E-state index in [4.69, 9.17) is 10.5 Å². The number of primary amides is 1. The molecule has 1 aliphatic rings. The van der Waals surface area contributed by atoms with E-state index in [2.05, 4.69) is 37.6 Å². The first-order valence-electron chi connectivity index (χ1n) is 10.6. The summed E-state index contributed by atoms with van der Waals surface area (Å²) in [6, 6.07) is 4.70. The Morgan fingerprint density at radius 1 is 1.33 bits per heavy atom. The molecule has 0 aromatic heterocycles. The van der Waals surface area contributed by atoms with Crippen molar-refractivity contribution in [2.75, 3.05) is 6.61 Å². The van der Waals surface area contributed by atoms with Crippen LogP contribution in [0.1, 0.15) is 71.2 Å².